The van der Waals surface area contributed by atoms with Crippen LogP contribution >= 0.6 is 0 Å². The van der Waals surface area contributed by atoms with Gasteiger partial charge in [0.05, 0.1) is 6.20 Å². The molecule has 18 heavy (non-hydrogen) atoms. The Morgan fingerprint density at radius 2 is 2.17 bits per heavy atom. The third-order valence-corrected chi connectivity index (χ3v) is 3.11. The van der Waals surface area contributed by atoms with Crippen molar-refractivity contribution in [2.75, 3.05) is 5.73 Å². The normalized spacial score (nSPS) is 10.8. The molecular weight excluding hydrogens is 229 g/mol. The SMILES string of the molecule is CCCCn1cc(-c2ccc(N)c(C)c2F)cn1. The van der Waals surface area contributed by atoms with Gasteiger partial charge in [0.25, 0.3) is 0 Å². The molecule has 0 aliphatic heterocycles. The Bertz CT molecular complexity index is 546. The molecule has 0 saturated carbocycles. The lowest BCUT2D eigenvalue weighted by Crippen LogP contribution is -1.97. The van der Waals surface area contributed by atoms with E-state index in [2.05, 4.69) is 12.0 Å². The predicted octanol–water partition coefficient (Wildman–Crippen LogP) is 3.38. The Hall–Kier alpha value is -1.84. The smallest absolute Gasteiger partial charge is 0.136 e. The van der Waals surface area contributed by atoms with Crippen molar-refractivity contribution in [3.63, 3.8) is 0 Å². The summed E-state index contributed by atoms with van der Waals surface area (Å²) in [6.45, 7) is 4.69. The van der Waals surface area contributed by atoms with Crippen molar-refractivity contribution >= 4 is 5.69 Å². The molecule has 2 aromatic rings. The lowest BCUT2D eigenvalue weighted by atomic mass is 10.0. The Labute approximate surface area is 106 Å². The van der Waals surface area contributed by atoms with Crippen LogP contribution in [0.2, 0.25) is 0 Å². The van der Waals surface area contributed by atoms with Gasteiger partial charge in [0, 0.05) is 35.1 Å². The number of aryl methyl sites for hydroxylation is 1. The number of hydrogen-bond acceptors (Lipinski definition) is 2. The lowest BCUT2D eigenvalue weighted by Gasteiger charge is -2.06. The van der Waals surface area contributed by atoms with E-state index in [1.54, 1.807) is 25.3 Å². The Kier molecular flexibility index (Phi) is 3.65. The molecule has 96 valence electrons. The summed E-state index contributed by atoms with van der Waals surface area (Å²) in [5.41, 5.74) is 8.01. The summed E-state index contributed by atoms with van der Waals surface area (Å²) in [6, 6.07) is 3.44. The molecule has 1 heterocycles. The number of aromatic nitrogens is 2. The topological polar surface area (TPSA) is 43.8 Å². The number of anilines is 1. The van der Waals surface area contributed by atoms with E-state index in [4.69, 9.17) is 5.73 Å². The van der Waals surface area contributed by atoms with Crippen LogP contribution in [-0.2, 0) is 6.54 Å². The Morgan fingerprint density at radius 3 is 2.89 bits per heavy atom. The number of unbranched alkanes of at least 4 members (excludes halogenated alkanes) is 1. The molecule has 0 saturated heterocycles. The average Bonchev–Trinajstić information content (AvgIpc) is 2.82. The van der Waals surface area contributed by atoms with Gasteiger partial charge in [-0.15, -0.1) is 0 Å². The van der Waals surface area contributed by atoms with Gasteiger partial charge in [-0.05, 0) is 25.5 Å². The van der Waals surface area contributed by atoms with Crippen molar-refractivity contribution in [2.24, 2.45) is 0 Å². The quantitative estimate of drug-likeness (QED) is 0.842. The van der Waals surface area contributed by atoms with E-state index >= 15 is 0 Å². The molecule has 3 nitrogen and oxygen atoms in total. The number of rotatable bonds is 4. The van der Waals surface area contributed by atoms with Crippen molar-refractivity contribution in [2.45, 2.75) is 33.2 Å². The third-order valence-electron chi connectivity index (χ3n) is 3.11. The van der Waals surface area contributed by atoms with E-state index < -0.39 is 0 Å². The van der Waals surface area contributed by atoms with E-state index in [9.17, 15) is 4.39 Å². The molecule has 4 heteroatoms. The molecule has 0 amide bonds. The van der Waals surface area contributed by atoms with Gasteiger partial charge in [-0.25, -0.2) is 4.39 Å². The van der Waals surface area contributed by atoms with Gasteiger partial charge in [-0.3, -0.25) is 4.68 Å². The molecule has 0 fully saturated rings. The second-order valence-corrected chi connectivity index (χ2v) is 4.49. The minimum Gasteiger partial charge on any atom is -0.398 e. The Morgan fingerprint density at radius 1 is 1.39 bits per heavy atom. The highest BCUT2D eigenvalue weighted by Gasteiger charge is 2.11. The van der Waals surface area contributed by atoms with Crippen LogP contribution in [0.4, 0.5) is 10.1 Å². The molecule has 0 atom stereocenters. The second kappa shape index (κ2) is 5.21. The molecule has 2 rings (SSSR count). The molecule has 0 aliphatic rings. The fraction of sp³-hybridized carbons (Fsp3) is 0.357. The van der Waals surface area contributed by atoms with Gasteiger partial charge in [-0.2, -0.15) is 5.10 Å². The zero-order valence-corrected chi connectivity index (χ0v) is 10.8. The van der Waals surface area contributed by atoms with Gasteiger partial charge < -0.3 is 5.73 Å². The largest absolute Gasteiger partial charge is 0.398 e. The maximum absolute atomic E-state index is 14.1. The highest BCUT2D eigenvalue weighted by Crippen LogP contribution is 2.27. The summed E-state index contributed by atoms with van der Waals surface area (Å²) in [7, 11) is 0. The molecule has 2 N–H and O–H groups in total. The first-order chi connectivity index (χ1) is 8.63. The van der Waals surface area contributed by atoms with Gasteiger partial charge in [0.2, 0.25) is 0 Å². The van der Waals surface area contributed by atoms with Crippen LogP contribution in [-0.4, -0.2) is 9.78 Å². The number of nitrogen functional groups attached to an aromatic ring is 1. The van der Waals surface area contributed by atoms with Crippen LogP contribution in [0, 0.1) is 12.7 Å². The molecule has 1 aromatic heterocycles. The Balaban J connectivity index is 2.31. The minimum atomic E-state index is -0.259. The number of nitrogens with two attached hydrogens (primary N) is 1. The molecule has 1 aromatic carbocycles. The summed E-state index contributed by atoms with van der Waals surface area (Å²) in [6.07, 6.45) is 5.77. The van der Waals surface area contributed by atoms with Gasteiger partial charge in [-0.1, -0.05) is 13.3 Å². The minimum absolute atomic E-state index is 0.259. The van der Waals surface area contributed by atoms with E-state index in [1.807, 2.05) is 10.9 Å². The van der Waals surface area contributed by atoms with Crippen LogP contribution in [0.15, 0.2) is 24.5 Å². The zero-order chi connectivity index (χ0) is 13.1. The van der Waals surface area contributed by atoms with E-state index in [0.29, 0.717) is 16.8 Å². The highest BCUT2D eigenvalue weighted by atomic mass is 19.1. The number of nitrogens with zero attached hydrogens (tertiary/aromatic N) is 2. The fourth-order valence-corrected chi connectivity index (χ4v) is 1.87. The molecule has 0 bridgehead atoms. The van der Waals surface area contributed by atoms with Crippen molar-refractivity contribution in [3.8, 4) is 11.1 Å². The van der Waals surface area contributed by atoms with Crippen molar-refractivity contribution in [1.82, 2.24) is 9.78 Å². The van der Waals surface area contributed by atoms with Crippen LogP contribution in [0.5, 0.6) is 0 Å². The molecule has 0 unspecified atom stereocenters. The van der Waals surface area contributed by atoms with Crippen molar-refractivity contribution < 1.29 is 4.39 Å². The average molecular weight is 247 g/mol. The van der Waals surface area contributed by atoms with E-state index in [-0.39, 0.29) is 5.82 Å². The van der Waals surface area contributed by atoms with Crippen LogP contribution < -0.4 is 5.73 Å². The number of hydrogen-bond donors (Lipinski definition) is 1. The first-order valence-electron chi connectivity index (χ1n) is 6.21. The maximum atomic E-state index is 14.1. The van der Waals surface area contributed by atoms with Gasteiger partial charge in [0.1, 0.15) is 5.82 Å². The maximum Gasteiger partial charge on any atom is 0.136 e. The van der Waals surface area contributed by atoms with E-state index in [0.717, 1.165) is 24.9 Å². The highest BCUT2D eigenvalue weighted by molar-refractivity contribution is 5.67. The van der Waals surface area contributed by atoms with Gasteiger partial charge >= 0.3 is 0 Å². The predicted molar refractivity (Wildman–Crippen MR) is 71.7 cm³/mol. The third kappa shape index (κ3) is 2.37. The first-order valence-corrected chi connectivity index (χ1v) is 6.21. The summed E-state index contributed by atoms with van der Waals surface area (Å²) in [4.78, 5) is 0. The number of halogens is 1. The zero-order valence-electron chi connectivity index (χ0n) is 10.8. The molecular formula is C14H18FN3. The number of benzene rings is 1. The lowest BCUT2D eigenvalue weighted by molar-refractivity contribution is 0.572. The first kappa shape index (κ1) is 12.6. The van der Waals surface area contributed by atoms with Crippen LogP contribution in [0.3, 0.4) is 0 Å². The van der Waals surface area contributed by atoms with Crippen LogP contribution in [0.1, 0.15) is 25.3 Å². The monoisotopic (exact) mass is 247 g/mol. The molecule has 0 aliphatic carbocycles. The fourth-order valence-electron chi connectivity index (χ4n) is 1.87. The van der Waals surface area contributed by atoms with Crippen molar-refractivity contribution in [3.05, 3.63) is 35.9 Å². The summed E-state index contributed by atoms with van der Waals surface area (Å²) >= 11 is 0. The standard InChI is InChI=1S/C14H18FN3/c1-3-4-7-18-9-11(8-17-18)12-5-6-13(16)10(2)14(12)15/h5-6,8-9H,3-4,7,16H2,1-2H3. The summed E-state index contributed by atoms with van der Waals surface area (Å²) in [5, 5.41) is 4.24. The second-order valence-electron chi connectivity index (χ2n) is 4.49. The van der Waals surface area contributed by atoms with Crippen LogP contribution in [0.25, 0.3) is 11.1 Å². The van der Waals surface area contributed by atoms with E-state index in [1.165, 1.54) is 0 Å². The van der Waals surface area contributed by atoms with Gasteiger partial charge in [0.15, 0.2) is 0 Å². The summed E-state index contributed by atoms with van der Waals surface area (Å²) in [5.74, 6) is -0.259. The van der Waals surface area contributed by atoms with Crippen molar-refractivity contribution in [1.29, 1.82) is 0 Å². The molecule has 0 spiro atoms. The summed E-state index contributed by atoms with van der Waals surface area (Å²) < 4.78 is 15.9. The molecule has 0 radical (unpaired) electrons.